The van der Waals surface area contributed by atoms with Gasteiger partial charge in [-0.3, -0.25) is 0 Å². The summed E-state index contributed by atoms with van der Waals surface area (Å²) in [6, 6.07) is 3.78. The summed E-state index contributed by atoms with van der Waals surface area (Å²) in [5.41, 5.74) is 2.43. The molecule has 0 nitrogen and oxygen atoms in total. The van der Waals surface area contributed by atoms with Gasteiger partial charge in [-0.2, -0.15) is 0 Å². The molecule has 0 saturated carbocycles. The fourth-order valence-corrected chi connectivity index (χ4v) is 1.71. The van der Waals surface area contributed by atoms with Gasteiger partial charge in [0.2, 0.25) is 0 Å². The molecule has 0 heterocycles. The molecule has 0 radical (unpaired) electrons. The summed E-state index contributed by atoms with van der Waals surface area (Å²) in [6.45, 7) is 5.43. The molecular weight excluding hydrogens is 192 g/mol. The van der Waals surface area contributed by atoms with E-state index in [-0.39, 0.29) is 29.7 Å². The molecule has 16 heavy (non-hydrogen) atoms. The van der Waals surface area contributed by atoms with Gasteiger partial charge in [-0.25, -0.2) is 0 Å². The average Bonchev–Trinajstić information content (AvgIpc) is 2.43. The maximum atomic E-state index is 8.20. The van der Waals surface area contributed by atoms with Crippen LogP contribution in [0.3, 0.4) is 0 Å². The van der Waals surface area contributed by atoms with Gasteiger partial charge in [-0.05, 0) is 35.1 Å². The molecule has 0 aromatic heterocycles. The quantitative estimate of drug-likeness (QED) is 0.677. The van der Waals surface area contributed by atoms with Gasteiger partial charge < -0.3 is 0 Å². The normalized spacial score (nSPS) is 16.7. The lowest BCUT2D eigenvalue weighted by atomic mass is 9.93. The molecule has 0 atom stereocenters. The lowest BCUT2D eigenvalue weighted by molar-refractivity contribution is 0.857. The number of benzene rings is 2. The second-order valence-electron chi connectivity index (χ2n) is 4.03. The molecule has 0 amide bonds. The summed E-state index contributed by atoms with van der Waals surface area (Å²) in [6.07, 6.45) is 0. The number of hydrogen-bond acceptors (Lipinski definition) is 0. The molecule has 2 aromatic rings. The van der Waals surface area contributed by atoms with Gasteiger partial charge in [0.25, 0.3) is 0 Å². The molecule has 0 saturated heterocycles. The maximum absolute atomic E-state index is 8.20. The third kappa shape index (κ3) is 2.16. The molecule has 0 heteroatoms. The third-order valence-electron chi connectivity index (χ3n) is 2.56. The first kappa shape index (κ1) is 5.67. The van der Waals surface area contributed by atoms with Gasteiger partial charge in [-0.1, -0.05) is 62.3 Å². The van der Waals surface area contributed by atoms with Crippen molar-refractivity contribution in [2.24, 2.45) is 0 Å². The molecule has 0 aliphatic carbocycles. The van der Waals surface area contributed by atoms with Crippen molar-refractivity contribution in [2.45, 2.75) is 26.7 Å². The predicted molar refractivity (Wildman–Crippen MR) is 70.7 cm³/mol. The Kier molecular flexibility index (Phi) is 1.60. The molecule has 0 unspecified atom stereocenters. The van der Waals surface area contributed by atoms with Crippen LogP contribution in [0.15, 0.2) is 48.4 Å². The van der Waals surface area contributed by atoms with Crippen LogP contribution in [0.4, 0.5) is 0 Å². The summed E-state index contributed by atoms with van der Waals surface area (Å²) >= 11 is 0. The Bertz CT molecular complexity index is 714. The van der Waals surface area contributed by atoms with Crippen LogP contribution < -0.4 is 0 Å². The second kappa shape index (κ2) is 4.52. The van der Waals surface area contributed by atoms with E-state index in [0.29, 0.717) is 5.56 Å². The molecule has 82 valence electrons. The minimum Gasteiger partial charge on any atom is -0.0622 e. The molecule has 0 fully saturated rings. The van der Waals surface area contributed by atoms with Crippen LogP contribution >= 0.6 is 0 Å². The monoisotopic (exact) mass is 216 g/mol. The van der Waals surface area contributed by atoms with Crippen LogP contribution in [0.1, 0.15) is 39.1 Å². The van der Waals surface area contributed by atoms with E-state index in [4.69, 9.17) is 8.22 Å². The van der Waals surface area contributed by atoms with E-state index in [0.717, 1.165) is 11.1 Å². The van der Waals surface area contributed by atoms with Crippen LogP contribution in [0.5, 0.6) is 0 Å². The van der Waals surface area contributed by atoms with Crippen LogP contribution in [0, 0.1) is 6.92 Å². The highest BCUT2D eigenvalue weighted by molar-refractivity contribution is 5.65. The Morgan fingerprint density at radius 1 is 1.06 bits per heavy atom. The van der Waals surface area contributed by atoms with Crippen molar-refractivity contribution in [1.29, 1.82) is 0 Å². The molecule has 0 N–H and O–H groups in total. The van der Waals surface area contributed by atoms with Crippen LogP contribution in [0.2, 0.25) is 0 Å². The molecule has 0 aliphatic rings. The van der Waals surface area contributed by atoms with Gasteiger partial charge >= 0.3 is 0 Å². The zero-order chi connectivity index (χ0) is 16.8. The first-order chi connectivity index (χ1) is 10.1. The van der Waals surface area contributed by atoms with Crippen LogP contribution in [-0.2, 0) is 0 Å². The molecule has 0 aliphatic heterocycles. The van der Waals surface area contributed by atoms with E-state index in [1.54, 1.807) is 26.0 Å². The predicted octanol–water partition coefficient (Wildman–Crippen LogP) is 4.79. The Labute approximate surface area is 106 Å². The summed E-state index contributed by atoms with van der Waals surface area (Å²) < 4.78 is 47.4. The molecule has 2 rings (SSSR count). The summed E-state index contributed by atoms with van der Waals surface area (Å²) in [5.74, 6) is -0.826. The molecule has 2 aromatic carbocycles. The molecular formula is C16H18. The van der Waals surface area contributed by atoms with Crippen molar-refractivity contribution >= 4 is 0 Å². The Hall–Kier alpha value is -1.56. The summed E-state index contributed by atoms with van der Waals surface area (Å²) in [7, 11) is 0. The van der Waals surface area contributed by atoms with E-state index >= 15 is 0 Å². The first-order valence-corrected chi connectivity index (χ1v) is 5.24. The Morgan fingerprint density at radius 2 is 1.75 bits per heavy atom. The van der Waals surface area contributed by atoms with E-state index in [2.05, 4.69) is 0 Å². The van der Waals surface area contributed by atoms with Crippen LogP contribution in [-0.4, -0.2) is 0 Å². The van der Waals surface area contributed by atoms with Crippen molar-refractivity contribution in [1.82, 2.24) is 0 Å². The highest BCUT2D eigenvalue weighted by Crippen LogP contribution is 2.26. The number of hydrogen-bond donors (Lipinski definition) is 0. The SMILES string of the molecule is [2H]c1c([2H])c([2H])c(-c2ccc(C)c(C([2H])(C)C)c2)c([2H])c1[2H]. The van der Waals surface area contributed by atoms with E-state index < -0.39 is 11.9 Å². The fourth-order valence-electron chi connectivity index (χ4n) is 1.71. The fraction of sp³-hybridized carbons (Fsp3) is 0.250. The smallest absolute Gasteiger partial charge is 0.0622 e. The van der Waals surface area contributed by atoms with E-state index in [1.807, 2.05) is 13.0 Å². The molecule has 0 bridgehead atoms. The van der Waals surface area contributed by atoms with Crippen molar-refractivity contribution in [3.05, 3.63) is 59.5 Å². The zero-order valence-electron chi connectivity index (χ0n) is 15.7. The minimum atomic E-state index is -0.826. The number of rotatable bonds is 2. The van der Waals surface area contributed by atoms with Crippen molar-refractivity contribution in [3.8, 4) is 11.1 Å². The van der Waals surface area contributed by atoms with E-state index in [1.165, 1.54) is 0 Å². The first-order valence-electron chi connectivity index (χ1n) is 8.24. The van der Waals surface area contributed by atoms with Crippen molar-refractivity contribution < 1.29 is 8.22 Å². The van der Waals surface area contributed by atoms with Crippen LogP contribution in [0.25, 0.3) is 11.1 Å². The largest absolute Gasteiger partial charge is 0.0629 e. The highest BCUT2D eigenvalue weighted by Gasteiger charge is 2.05. The molecule has 0 spiro atoms. The number of aryl methyl sites for hydroxylation is 1. The van der Waals surface area contributed by atoms with Gasteiger partial charge in [0.05, 0.1) is 6.85 Å². The second-order valence-corrected chi connectivity index (χ2v) is 4.03. The summed E-state index contributed by atoms with van der Waals surface area (Å²) in [4.78, 5) is 0. The lowest BCUT2D eigenvalue weighted by Gasteiger charge is -2.12. The highest BCUT2D eigenvalue weighted by atomic mass is 14.1. The minimum absolute atomic E-state index is 0.177. The topological polar surface area (TPSA) is 0 Å². The van der Waals surface area contributed by atoms with Gasteiger partial charge in [0.1, 0.15) is 0 Å². The third-order valence-corrected chi connectivity index (χ3v) is 2.56. The maximum Gasteiger partial charge on any atom is 0.0629 e. The van der Waals surface area contributed by atoms with Crippen molar-refractivity contribution in [3.63, 3.8) is 0 Å². The van der Waals surface area contributed by atoms with Crippen molar-refractivity contribution in [2.75, 3.05) is 0 Å². The van der Waals surface area contributed by atoms with Gasteiger partial charge in [0.15, 0.2) is 0 Å². The Morgan fingerprint density at radius 3 is 2.38 bits per heavy atom. The van der Waals surface area contributed by atoms with Gasteiger partial charge in [0, 0.05) is 1.37 Å². The van der Waals surface area contributed by atoms with E-state index in [9.17, 15) is 0 Å². The van der Waals surface area contributed by atoms with Gasteiger partial charge in [-0.15, -0.1) is 0 Å². The summed E-state index contributed by atoms with van der Waals surface area (Å²) in [5, 5.41) is 0. The zero-order valence-corrected chi connectivity index (χ0v) is 9.73. The lowest BCUT2D eigenvalue weighted by Crippen LogP contribution is -1.92. The average molecular weight is 216 g/mol. The Balaban J connectivity index is 2.79. The standard InChI is InChI=1S/C16H18/c1-12(2)16-11-15(10-9-13(16)3)14-7-5-4-6-8-14/h4-12H,1-3H3/i4D,5D,6D,7D,8D,12D.